The molecule has 2 rings (SSSR count). The van der Waals surface area contributed by atoms with Crippen LogP contribution in [0.15, 0.2) is 35.9 Å². The lowest BCUT2D eigenvalue weighted by Crippen LogP contribution is -2.24. The Bertz CT molecular complexity index is 518. The molecule has 1 aromatic carbocycles. The molecule has 0 saturated heterocycles. The van der Waals surface area contributed by atoms with E-state index in [0.717, 1.165) is 18.4 Å². The first-order chi connectivity index (χ1) is 9.09. The second-order valence-electron chi connectivity index (χ2n) is 4.56. The first-order valence-electron chi connectivity index (χ1n) is 6.41. The lowest BCUT2D eigenvalue weighted by Gasteiger charge is -2.19. The van der Waals surface area contributed by atoms with E-state index in [0.29, 0.717) is 5.57 Å². The summed E-state index contributed by atoms with van der Waals surface area (Å²) in [6.07, 6.45) is 0.187. The Morgan fingerprint density at radius 2 is 1.95 bits per heavy atom. The number of alkyl halides is 2. The first kappa shape index (κ1) is 13.8. The summed E-state index contributed by atoms with van der Waals surface area (Å²) >= 11 is 0. The highest BCUT2D eigenvalue weighted by molar-refractivity contribution is 5.42. The summed E-state index contributed by atoms with van der Waals surface area (Å²) in [6.45, 7) is 2.02. The average Bonchev–Trinajstić information content (AvgIpc) is 2.40. The third kappa shape index (κ3) is 4.18. The van der Waals surface area contributed by atoms with Crippen LogP contribution in [0, 0.1) is 11.8 Å². The van der Waals surface area contributed by atoms with Gasteiger partial charge in [0.25, 0.3) is 0 Å². The van der Waals surface area contributed by atoms with Crippen molar-refractivity contribution in [2.45, 2.75) is 32.3 Å². The van der Waals surface area contributed by atoms with Gasteiger partial charge < -0.3 is 4.74 Å². The molecule has 0 fully saturated rings. The Morgan fingerprint density at radius 1 is 1.21 bits per heavy atom. The molecule has 0 atom stereocenters. The van der Waals surface area contributed by atoms with Crippen LogP contribution in [0.5, 0.6) is 0 Å². The van der Waals surface area contributed by atoms with Crippen molar-refractivity contribution in [1.29, 1.82) is 0 Å². The van der Waals surface area contributed by atoms with Crippen LogP contribution in [0.25, 0.3) is 0 Å². The van der Waals surface area contributed by atoms with E-state index in [4.69, 9.17) is 0 Å². The molecule has 0 spiro atoms. The molecule has 1 nitrogen and oxygen atoms in total. The highest BCUT2D eigenvalue weighted by Crippen LogP contribution is 2.26. The maximum Gasteiger partial charge on any atom is 0.359 e. The van der Waals surface area contributed by atoms with E-state index >= 15 is 0 Å². The number of halogens is 2. The zero-order valence-electron chi connectivity index (χ0n) is 10.9. The quantitative estimate of drug-likeness (QED) is 0.734. The molecular weight excluding hydrogens is 246 g/mol. The van der Waals surface area contributed by atoms with E-state index in [2.05, 4.69) is 23.5 Å². The molecule has 0 N–H and O–H groups in total. The number of rotatable bonds is 2. The van der Waals surface area contributed by atoms with Gasteiger partial charge in [0.1, 0.15) is 0 Å². The molecular formula is C16H16F2O. The number of hydrogen-bond acceptors (Lipinski definition) is 1. The summed E-state index contributed by atoms with van der Waals surface area (Å²) in [4.78, 5) is 0. The van der Waals surface area contributed by atoms with E-state index < -0.39 is 12.5 Å². The average molecular weight is 262 g/mol. The zero-order valence-corrected chi connectivity index (χ0v) is 10.9. The predicted octanol–water partition coefficient (Wildman–Crippen LogP) is 3.93. The molecule has 0 bridgehead atoms. The van der Waals surface area contributed by atoms with Crippen LogP contribution in [-0.4, -0.2) is 12.7 Å². The fourth-order valence-corrected chi connectivity index (χ4v) is 1.83. The fraction of sp³-hybridized carbons (Fsp3) is 0.375. The minimum atomic E-state index is -3.03. The summed E-state index contributed by atoms with van der Waals surface area (Å²) in [5.41, 5.74) is 2.79. The van der Waals surface area contributed by atoms with Gasteiger partial charge in [0, 0.05) is 11.1 Å². The Hall–Kier alpha value is -1.66. The molecule has 0 saturated carbocycles. The molecule has 1 heterocycles. The largest absolute Gasteiger partial charge is 0.359 e. The van der Waals surface area contributed by atoms with E-state index in [1.165, 1.54) is 11.6 Å². The van der Waals surface area contributed by atoms with Crippen molar-refractivity contribution in [1.82, 2.24) is 0 Å². The number of hydrogen-bond donors (Lipinski definition) is 0. The molecule has 3 heteroatoms. The number of benzene rings is 1. The smallest absolute Gasteiger partial charge is 0.315 e. The van der Waals surface area contributed by atoms with Gasteiger partial charge in [-0.15, -0.1) is 0 Å². The van der Waals surface area contributed by atoms with E-state index in [1.54, 1.807) is 0 Å². The number of aryl methyl sites for hydroxylation is 1. The highest BCUT2D eigenvalue weighted by atomic mass is 19.3. The van der Waals surface area contributed by atoms with Crippen molar-refractivity contribution in [3.05, 3.63) is 47.0 Å². The van der Waals surface area contributed by atoms with E-state index in [1.807, 2.05) is 24.3 Å². The third-order valence-electron chi connectivity index (χ3n) is 2.88. The zero-order chi connectivity index (χ0) is 13.7. The lowest BCUT2D eigenvalue weighted by molar-refractivity contribution is -0.234. The molecule has 100 valence electrons. The van der Waals surface area contributed by atoms with Crippen molar-refractivity contribution in [2.24, 2.45) is 0 Å². The third-order valence-corrected chi connectivity index (χ3v) is 2.88. The standard InChI is InChI=1S/C16H16F2O/c1-2-3-13-4-6-14(7-5-13)8-9-15-10-11-16(17,18)19-12-15/h4-7,10H,2-3,11-12H2,1H3. The molecule has 1 aliphatic rings. The maximum atomic E-state index is 12.7. The van der Waals surface area contributed by atoms with Gasteiger partial charge in [-0.2, -0.15) is 8.78 Å². The molecule has 19 heavy (non-hydrogen) atoms. The minimum Gasteiger partial charge on any atom is -0.315 e. The first-order valence-corrected chi connectivity index (χ1v) is 6.41. The molecule has 1 aliphatic heterocycles. The van der Waals surface area contributed by atoms with E-state index in [-0.39, 0.29) is 6.61 Å². The summed E-state index contributed by atoms with van der Waals surface area (Å²) < 4.78 is 29.9. The highest BCUT2D eigenvalue weighted by Gasteiger charge is 2.31. The van der Waals surface area contributed by atoms with Crippen LogP contribution in [-0.2, 0) is 11.2 Å². The molecule has 0 aromatic heterocycles. The predicted molar refractivity (Wildman–Crippen MR) is 70.9 cm³/mol. The maximum absolute atomic E-state index is 12.7. The van der Waals surface area contributed by atoms with E-state index in [9.17, 15) is 8.78 Å². The van der Waals surface area contributed by atoms with Crippen LogP contribution in [0.2, 0.25) is 0 Å². The molecule has 1 aromatic rings. The summed E-state index contributed by atoms with van der Waals surface area (Å²) in [5, 5.41) is 0. The van der Waals surface area contributed by atoms with Gasteiger partial charge in [-0.1, -0.05) is 43.4 Å². The Labute approximate surface area is 112 Å². The van der Waals surface area contributed by atoms with Crippen molar-refractivity contribution in [3.63, 3.8) is 0 Å². The van der Waals surface area contributed by atoms with Crippen LogP contribution in [0.1, 0.15) is 30.9 Å². The van der Waals surface area contributed by atoms with Gasteiger partial charge in [-0.25, -0.2) is 0 Å². The van der Waals surface area contributed by atoms with Crippen LogP contribution < -0.4 is 0 Å². The van der Waals surface area contributed by atoms with Crippen molar-refractivity contribution < 1.29 is 13.5 Å². The minimum absolute atomic E-state index is 0.117. The monoisotopic (exact) mass is 262 g/mol. The SMILES string of the molecule is CCCc1ccc(C#CC2=CCC(F)(F)OC2)cc1. The van der Waals surface area contributed by atoms with Crippen LogP contribution in [0.3, 0.4) is 0 Å². The second kappa shape index (κ2) is 5.99. The normalized spacial score (nSPS) is 17.3. The Kier molecular flexibility index (Phi) is 4.34. The van der Waals surface area contributed by atoms with Gasteiger partial charge in [-0.05, 0) is 24.1 Å². The van der Waals surface area contributed by atoms with Gasteiger partial charge in [0.2, 0.25) is 0 Å². The van der Waals surface area contributed by atoms with Gasteiger partial charge in [0.05, 0.1) is 13.0 Å². The van der Waals surface area contributed by atoms with Crippen molar-refractivity contribution in [2.75, 3.05) is 6.61 Å². The van der Waals surface area contributed by atoms with Gasteiger partial charge in [-0.3, -0.25) is 0 Å². The van der Waals surface area contributed by atoms with Gasteiger partial charge >= 0.3 is 6.11 Å². The number of ether oxygens (including phenoxy) is 1. The molecule has 0 radical (unpaired) electrons. The van der Waals surface area contributed by atoms with Gasteiger partial charge in [0.15, 0.2) is 0 Å². The lowest BCUT2D eigenvalue weighted by atomic mass is 10.1. The van der Waals surface area contributed by atoms with Crippen LogP contribution in [0.4, 0.5) is 8.78 Å². The van der Waals surface area contributed by atoms with Crippen molar-refractivity contribution >= 4 is 0 Å². The van der Waals surface area contributed by atoms with Crippen molar-refractivity contribution in [3.8, 4) is 11.8 Å². The summed E-state index contributed by atoms with van der Waals surface area (Å²) in [5.74, 6) is 5.85. The topological polar surface area (TPSA) is 9.23 Å². The summed E-state index contributed by atoms with van der Waals surface area (Å²) in [7, 11) is 0. The second-order valence-corrected chi connectivity index (χ2v) is 4.56. The molecule has 0 unspecified atom stereocenters. The Balaban J connectivity index is 2.02. The molecule has 0 aliphatic carbocycles. The Morgan fingerprint density at radius 3 is 2.53 bits per heavy atom. The van der Waals surface area contributed by atoms with Crippen LogP contribution >= 0.6 is 0 Å². The molecule has 0 amide bonds. The fourth-order valence-electron chi connectivity index (χ4n) is 1.83. The summed E-state index contributed by atoms with van der Waals surface area (Å²) in [6, 6.07) is 8.01.